The number of aryl methyl sites for hydroxylation is 1. The molecule has 1 atom stereocenters. The fourth-order valence-corrected chi connectivity index (χ4v) is 3.71. The van der Waals surface area contributed by atoms with E-state index in [1.165, 1.54) is 0 Å². The summed E-state index contributed by atoms with van der Waals surface area (Å²) in [6, 6.07) is 13.8. The van der Waals surface area contributed by atoms with Gasteiger partial charge in [-0.1, -0.05) is 18.2 Å². The largest absolute Gasteiger partial charge is 0.311 e. The van der Waals surface area contributed by atoms with Crippen molar-refractivity contribution >= 4 is 11.7 Å². The van der Waals surface area contributed by atoms with Crippen LogP contribution in [0, 0.1) is 0 Å². The van der Waals surface area contributed by atoms with E-state index < -0.39 is 0 Å². The van der Waals surface area contributed by atoms with Gasteiger partial charge in [0.25, 0.3) is 0 Å². The van der Waals surface area contributed by atoms with Crippen LogP contribution in [0.4, 0.5) is 5.82 Å². The molecule has 1 aliphatic rings. The first kappa shape index (κ1) is 16.4. The number of amides is 1. The van der Waals surface area contributed by atoms with Crippen LogP contribution < -0.4 is 5.32 Å². The van der Waals surface area contributed by atoms with Gasteiger partial charge in [-0.3, -0.25) is 14.5 Å². The van der Waals surface area contributed by atoms with E-state index in [0.29, 0.717) is 6.42 Å². The summed E-state index contributed by atoms with van der Waals surface area (Å²) in [4.78, 5) is 16.5. The van der Waals surface area contributed by atoms with E-state index in [9.17, 15) is 4.79 Å². The number of rotatable bonds is 3. The number of carbonyl (C=O) groups excluding carboxylic acids is 1. The fourth-order valence-electron chi connectivity index (χ4n) is 3.71. The SMILES string of the molecule is Cn1ncc2c1NC(=O)CC2c1cn(-c2ccccc2)nc1-c1ccncc1. The molecule has 28 heavy (non-hydrogen) atoms. The van der Waals surface area contributed by atoms with Crippen LogP contribution in [0.1, 0.15) is 23.5 Å². The maximum Gasteiger partial charge on any atom is 0.226 e. The quantitative estimate of drug-likeness (QED) is 0.601. The highest BCUT2D eigenvalue weighted by Crippen LogP contribution is 2.40. The summed E-state index contributed by atoms with van der Waals surface area (Å²) < 4.78 is 3.57. The molecule has 7 nitrogen and oxygen atoms in total. The van der Waals surface area contributed by atoms with Gasteiger partial charge in [-0.2, -0.15) is 10.2 Å². The third-order valence-corrected chi connectivity index (χ3v) is 5.08. The molecule has 0 saturated carbocycles. The molecular formula is C21H18N6O. The van der Waals surface area contributed by atoms with E-state index in [1.807, 2.05) is 66.6 Å². The Kier molecular flexibility index (Phi) is 3.79. The van der Waals surface area contributed by atoms with Gasteiger partial charge in [-0.05, 0) is 24.3 Å². The number of pyridine rings is 1. The molecule has 3 aromatic heterocycles. The lowest BCUT2D eigenvalue weighted by Gasteiger charge is -2.23. The maximum absolute atomic E-state index is 12.4. The number of nitrogens with one attached hydrogen (secondary N) is 1. The molecule has 7 heteroatoms. The summed E-state index contributed by atoms with van der Waals surface area (Å²) in [6.45, 7) is 0. The zero-order chi connectivity index (χ0) is 19.1. The maximum atomic E-state index is 12.4. The molecule has 4 aromatic rings. The highest BCUT2D eigenvalue weighted by Gasteiger charge is 2.32. The standard InChI is InChI=1S/C21H18N6O/c1-26-21-17(12-23-26)16(11-19(28)24-21)18-13-27(15-5-3-2-4-6-15)25-20(18)14-7-9-22-10-8-14/h2-10,12-13,16H,11H2,1H3,(H,24,28). The van der Waals surface area contributed by atoms with Crippen LogP contribution in [-0.2, 0) is 11.8 Å². The first-order valence-corrected chi connectivity index (χ1v) is 9.08. The Hall–Kier alpha value is -3.74. The molecule has 1 amide bonds. The van der Waals surface area contributed by atoms with Crippen LogP contribution in [0.25, 0.3) is 16.9 Å². The molecular weight excluding hydrogens is 352 g/mol. The van der Waals surface area contributed by atoms with Gasteiger partial charge < -0.3 is 5.32 Å². The number of hydrogen-bond acceptors (Lipinski definition) is 4. The van der Waals surface area contributed by atoms with Crippen LogP contribution in [0.5, 0.6) is 0 Å². The molecule has 5 rings (SSSR count). The van der Waals surface area contributed by atoms with Crippen molar-refractivity contribution < 1.29 is 4.79 Å². The van der Waals surface area contributed by atoms with E-state index in [-0.39, 0.29) is 11.8 Å². The molecule has 0 spiro atoms. The van der Waals surface area contributed by atoms with Crippen molar-refractivity contribution in [3.8, 4) is 16.9 Å². The number of benzene rings is 1. The fraction of sp³-hybridized carbons (Fsp3) is 0.143. The second kappa shape index (κ2) is 6.45. The predicted octanol–water partition coefficient (Wildman–Crippen LogP) is 3.14. The molecule has 0 bridgehead atoms. The molecule has 1 aromatic carbocycles. The molecule has 4 heterocycles. The lowest BCUT2D eigenvalue weighted by molar-refractivity contribution is -0.116. The molecule has 0 fully saturated rings. The Morgan fingerprint density at radius 1 is 1.07 bits per heavy atom. The Labute approximate surface area is 161 Å². The Morgan fingerprint density at radius 2 is 1.86 bits per heavy atom. The third kappa shape index (κ3) is 2.68. The van der Waals surface area contributed by atoms with Gasteiger partial charge >= 0.3 is 0 Å². The summed E-state index contributed by atoms with van der Waals surface area (Å²) in [7, 11) is 1.83. The number of hydrogen-bond donors (Lipinski definition) is 1. The second-order valence-corrected chi connectivity index (χ2v) is 6.83. The molecule has 138 valence electrons. The first-order valence-electron chi connectivity index (χ1n) is 9.08. The van der Waals surface area contributed by atoms with Gasteiger partial charge in [0.15, 0.2) is 0 Å². The van der Waals surface area contributed by atoms with Crippen molar-refractivity contribution in [2.24, 2.45) is 7.05 Å². The van der Waals surface area contributed by atoms with Crippen LogP contribution in [-0.4, -0.2) is 30.5 Å². The van der Waals surface area contributed by atoms with E-state index in [2.05, 4.69) is 15.4 Å². The van der Waals surface area contributed by atoms with E-state index in [1.54, 1.807) is 17.1 Å². The number of fused-ring (bicyclic) bond motifs is 1. The number of anilines is 1. The highest BCUT2D eigenvalue weighted by molar-refractivity contribution is 5.94. The minimum atomic E-state index is -0.113. The van der Waals surface area contributed by atoms with Crippen LogP contribution in [0.3, 0.4) is 0 Å². The Morgan fingerprint density at radius 3 is 2.64 bits per heavy atom. The van der Waals surface area contributed by atoms with E-state index in [0.717, 1.165) is 33.9 Å². The summed E-state index contributed by atoms with van der Waals surface area (Å²) in [5, 5.41) is 12.1. The highest BCUT2D eigenvalue weighted by atomic mass is 16.1. The topological polar surface area (TPSA) is 77.6 Å². The third-order valence-electron chi connectivity index (χ3n) is 5.08. The Bertz CT molecular complexity index is 1150. The molecule has 1 aliphatic heterocycles. The van der Waals surface area contributed by atoms with Gasteiger partial charge in [-0.25, -0.2) is 4.68 Å². The summed E-state index contributed by atoms with van der Waals surface area (Å²) >= 11 is 0. The van der Waals surface area contributed by atoms with Crippen LogP contribution in [0.2, 0.25) is 0 Å². The number of nitrogens with zero attached hydrogens (tertiary/aromatic N) is 5. The Balaban J connectivity index is 1.71. The van der Waals surface area contributed by atoms with Crippen molar-refractivity contribution in [1.82, 2.24) is 24.5 Å². The monoisotopic (exact) mass is 370 g/mol. The van der Waals surface area contributed by atoms with Gasteiger partial charge in [0.1, 0.15) is 5.82 Å². The average Bonchev–Trinajstić information content (AvgIpc) is 3.34. The number of aromatic nitrogens is 5. The number of carbonyl (C=O) groups is 1. The van der Waals surface area contributed by atoms with Crippen molar-refractivity contribution in [1.29, 1.82) is 0 Å². The first-order chi connectivity index (χ1) is 13.7. The van der Waals surface area contributed by atoms with Crippen molar-refractivity contribution in [3.05, 3.63) is 78.4 Å². The van der Waals surface area contributed by atoms with Gasteiger partial charge in [0.2, 0.25) is 5.91 Å². The summed E-state index contributed by atoms with van der Waals surface area (Å²) in [5.74, 6) is 0.613. The lowest BCUT2D eigenvalue weighted by Crippen LogP contribution is -2.24. The molecule has 1 unspecified atom stereocenters. The molecule has 0 aliphatic carbocycles. The van der Waals surface area contributed by atoms with Crippen LogP contribution in [0.15, 0.2) is 67.3 Å². The van der Waals surface area contributed by atoms with E-state index in [4.69, 9.17) is 5.10 Å². The molecule has 0 radical (unpaired) electrons. The summed E-state index contributed by atoms with van der Waals surface area (Å²) in [6.07, 6.45) is 7.71. The smallest absolute Gasteiger partial charge is 0.226 e. The zero-order valence-electron chi connectivity index (χ0n) is 15.3. The summed E-state index contributed by atoms with van der Waals surface area (Å²) in [5.41, 5.74) is 4.79. The lowest BCUT2D eigenvalue weighted by atomic mass is 9.86. The number of para-hydroxylation sites is 1. The van der Waals surface area contributed by atoms with Gasteiger partial charge in [-0.15, -0.1) is 0 Å². The normalized spacial score (nSPS) is 15.9. The molecule has 0 saturated heterocycles. The van der Waals surface area contributed by atoms with Crippen LogP contribution >= 0.6 is 0 Å². The predicted molar refractivity (Wildman–Crippen MR) is 105 cm³/mol. The minimum Gasteiger partial charge on any atom is -0.311 e. The van der Waals surface area contributed by atoms with Crippen molar-refractivity contribution in [2.75, 3.05) is 5.32 Å². The zero-order valence-corrected chi connectivity index (χ0v) is 15.3. The second-order valence-electron chi connectivity index (χ2n) is 6.83. The van der Waals surface area contributed by atoms with Crippen molar-refractivity contribution in [3.63, 3.8) is 0 Å². The minimum absolute atomic E-state index is 0.0192. The average molecular weight is 370 g/mol. The van der Waals surface area contributed by atoms with Gasteiger partial charge in [0.05, 0.1) is 17.6 Å². The van der Waals surface area contributed by atoms with Crippen molar-refractivity contribution in [2.45, 2.75) is 12.3 Å². The molecule has 1 N–H and O–H groups in total. The van der Waals surface area contributed by atoms with Gasteiger partial charge in [0, 0.05) is 54.7 Å². The van der Waals surface area contributed by atoms with E-state index >= 15 is 0 Å².